The molecule has 0 saturated heterocycles. The molecule has 0 radical (unpaired) electrons. The zero-order valence-electron chi connectivity index (χ0n) is 14.6. The first-order valence-electron chi connectivity index (χ1n) is 9.13. The summed E-state index contributed by atoms with van der Waals surface area (Å²) in [6.45, 7) is 0. The van der Waals surface area contributed by atoms with Crippen LogP contribution in [-0.4, -0.2) is 23.8 Å². The number of thiophene rings is 1. The van der Waals surface area contributed by atoms with Crippen molar-refractivity contribution in [1.82, 2.24) is 10.3 Å². The van der Waals surface area contributed by atoms with E-state index in [1.54, 1.807) is 11.3 Å². The summed E-state index contributed by atoms with van der Waals surface area (Å²) in [5.74, 6) is 0.631. The van der Waals surface area contributed by atoms with Gasteiger partial charge in [0.25, 0.3) is 0 Å². The van der Waals surface area contributed by atoms with Crippen molar-refractivity contribution in [2.24, 2.45) is 0 Å². The molecule has 3 nitrogen and oxygen atoms in total. The average molecular weight is 352 g/mol. The van der Waals surface area contributed by atoms with Gasteiger partial charge in [0.2, 0.25) is 0 Å². The second kappa shape index (κ2) is 7.14. The molecular weight excluding hydrogens is 326 g/mol. The number of aromatic amines is 1. The molecule has 1 aliphatic rings. The minimum atomic E-state index is 0.631. The normalized spacial score (nSPS) is 20.8. The lowest BCUT2D eigenvalue weighted by molar-refractivity contribution is 0.356. The smallest absolute Gasteiger partial charge is 0.0529 e. The van der Waals surface area contributed by atoms with Crippen LogP contribution in [0.2, 0.25) is 0 Å². The van der Waals surface area contributed by atoms with Crippen molar-refractivity contribution < 1.29 is 0 Å². The van der Waals surface area contributed by atoms with Crippen LogP contribution in [-0.2, 0) is 6.42 Å². The van der Waals surface area contributed by atoms with E-state index < -0.39 is 0 Å². The Hall–Kier alpha value is -1.91. The van der Waals surface area contributed by atoms with Gasteiger partial charge < -0.3 is 15.7 Å². The van der Waals surface area contributed by atoms with E-state index in [0.29, 0.717) is 24.1 Å². The summed E-state index contributed by atoms with van der Waals surface area (Å²) in [5.41, 5.74) is 4.61. The zero-order valence-corrected chi connectivity index (χ0v) is 15.5. The molecule has 0 amide bonds. The fourth-order valence-corrected chi connectivity index (χ4v) is 4.79. The molecule has 1 aliphatic carbocycles. The number of fused-ring (bicyclic) bond motifs is 1. The van der Waals surface area contributed by atoms with Crippen LogP contribution in [0.4, 0.5) is 0 Å². The van der Waals surface area contributed by atoms with Gasteiger partial charge >= 0.3 is 0 Å². The fourth-order valence-electron chi connectivity index (χ4n) is 4.11. The lowest BCUT2D eigenvalue weighted by atomic mass is 9.81. The number of benzene rings is 1. The summed E-state index contributed by atoms with van der Waals surface area (Å²) in [5, 5.41) is 15.2. The molecule has 0 bridgehead atoms. The number of aromatic nitrogens is 1. The molecule has 0 aliphatic heterocycles. The van der Waals surface area contributed by atoms with Crippen LogP contribution in [0.5, 0.6) is 0 Å². The van der Waals surface area contributed by atoms with E-state index >= 15 is 0 Å². The molecule has 2 unspecified atom stereocenters. The molecule has 2 atom stereocenters. The van der Waals surface area contributed by atoms with E-state index in [2.05, 4.69) is 41.7 Å². The molecule has 4 heteroatoms. The summed E-state index contributed by atoms with van der Waals surface area (Å²) in [4.78, 5) is 4.52. The minimum Gasteiger partial charge on any atom is -0.361 e. The Labute approximate surface area is 153 Å². The molecule has 25 heavy (non-hydrogen) atoms. The topological polar surface area (TPSA) is 51.7 Å². The minimum absolute atomic E-state index is 0.631. The second-order valence-corrected chi connectivity index (χ2v) is 8.05. The summed E-state index contributed by atoms with van der Waals surface area (Å²) < 4.78 is 0. The summed E-state index contributed by atoms with van der Waals surface area (Å²) in [7, 11) is 2.08. The molecule has 1 saturated carbocycles. The highest BCUT2D eigenvalue weighted by molar-refractivity contribution is 7.12. The van der Waals surface area contributed by atoms with Gasteiger partial charge in [-0.1, -0.05) is 18.6 Å². The maximum Gasteiger partial charge on any atom is 0.0529 e. The van der Waals surface area contributed by atoms with E-state index in [0.717, 1.165) is 4.88 Å². The first-order chi connectivity index (χ1) is 12.2. The maximum atomic E-state index is 8.35. The van der Waals surface area contributed by atoms with Gasteiger partial charge in [-0.15, -0.1) is 11.3 Å². The van der Waals surface area contributed by atoms with E-state index in [1.165, 1.54) is 47.7 Å². The van der Waals surface area contributed by atoms with Crippen LogP contribution < -0.4 is 5.32 Å². The van der Waals surface area contributed by atoms with Crippen molar-refractivity contribution in [1.29, 1.82) is 5.41 Å². The van der Waals surface area contributed by atoms with E-state index in [-0.39, 0.29) is 0 Å². The lowest BCUT2D eigenvalue weighted by Crippen LogP contribution is -2.30. The standard InChI is InChI=1S/C21H25N3S/c1-23-16-5-2-4-15(12-16)18-13-24-20-8-7-14(10-17(18)20)11-19(22)21-6-3-9-25-21/h3,6-10,13,15-16,22-24H,2,4-5,11-12H2,1H3. The number of H-pyrrole nitrogens is 1. The molecule has 3 N–H and O–H groups in total. The second-order valence-electron chi connectivity index (χ2n) is 7.11. The fraction of sp³-hybridized carbons (Fsp3) is 0.381. The quantitative estimate of drug-likeness (QED) is 0.551. The third kappa shape index (κ3) is 3.42. The largest absolute Gasteiger partial charge is 0.361 e. The summed E-state index contributed by atoms with van der Waals surface area (Å²) in [6.07, 6.45) is 8.00. The predicted molar refractivity (Wildman–Crippen MR) is 107 cm³/mol. The highest BCUT2D eigenvalue weighted by atomic mass is 32.1. The Morgan fingerprint density at radius 3 is 3.04 bits per heavy atom. The van der Waals surface area contributed by atoms with Gasteiger partial charge in [-0.3, -0.25) is 0 Å². The van der Waals surface area contributed by atoms with Crippen LogP contribution in [0.1, 0.15) is 47.6 Å². The van der Waals surface area contributed by atoms with E-state index in [4.69, 9.17) is 5.41 Å². The third-order valence-corrected chi connectivity index (χ3v) is 6.43. The van der Waals surface area contributed by atoms with Crippen LogP contribution in [0.3, 0.4) is 0 Å². The monoisotopic (exact) mass is 351 g/mol. The molecule has 130 valence electrons. The highest BCUT2D eigenvalue weighted by Crippen LogP contribution is 2.37. The Morgan fingerprint density at radius 1 is 1.32 bits per heavy atom. The van der Waals surface area contributed by atoms with Crippen molar-refractivity contribution in [3.8, 4) is 0 Å². The lowest BCUT2D eigenvalue weighted by Gasteiger charge is -2.28. The van der Waals surface area contributed by atoms with Crippen molar-refractivity contribution >= 4 is 28.0 Å². The van der Waals surface area contributed by atoms with Gasteiger partial charge in [0.05, 0.1) is 5.71 Å². The highest BCUT2D eigenvalue weighted by Gasteiger charge is 2.24. The SMILES string of the molecule is CNC1CCCC(c2c[nH]c3ccc(CC(=N)c4cccs4)cc23)C1. The first-order valence-corrected chi connectivity index (χ1v) is 10.0. The van der Waals surface area contributed by atoms with Gasteiger partial charge in [0, 0.05) is 34.4 Å². The van der Waals surface area contributed by atoms with Crippen LogP contribution in [0.15, 0.2) is 41.9 Å². The molecule has 3 aromatic rings. The van der Waals surface area contributed by atoms with Gasteiger partial charge in [-0.2, -0.15) is 0 Å². The number of rotatable bonds is 5. The zero-order chi connectivity index (χ0) is 17.2. The van der Waals surface area contributed by atoms with Crippen molar-refractivity contribution in [3.63, 3.8) is 0 Å². The average Bonchev–Trinajstić information content (AvgIpc) is 3.31. The molecule has 0 spiro atoms. The third-order valence-electron chi connectivity index (χ3n) is 5.50. The van der Waals surface area contributed by atoms with Gasteiger partial charge in [0.15, 0.2) is 0 Å². The first kappa shape index (κ1) is 16.6. The van der Waals surface area contributed by atoms with Crippen molar-refractivity contribution in [2.45, 2.75) is 44.1 Å². The number of nitrogens with one attached hydrogen (secondary N) is 3. The van der Waals surface area contributed by atoms with Gasteiger partial charge in [-0.05, 0) is 66.9 Å². The molecule has 1 aromatic carbocycles. The molecule has 1 fully saturated rings. The summed E-state index contributed by atoms with van der Waals surface area (Å²) >= 11 is 1.65. The number of hydrogen-bond donors (Lipinski definition) is 3. The van der Waals surface area contributed by atoms with Crippen LogP contribution >= 0.6 is 11.3 Å². The Kier molecular flexibility index (Phi) is 4.73. The molecule has 4 rings (SSSR count). The van der Waals surface area contributed by atoms with Crippen LogP contribution in [0.25, 0.3) is 10.9 Å². The maximum absolute atomic E-state index is 8.35. The van der Waals surface area contributed by atoms with E-state index in [9.17, 15) is 0 Å². The van der Waals surface area contributed by atoms with Crippen molar-refractivity contribution in [2.75, 3.05) is 7.05 Å². The Bertz CT molecular complexity index is 863. The summed E-state index contributed by atoms with van der Waals surface area (Å²) in [6, 6.07) is 11.3. The molecule has 2 heterocycles. The van der Waals surface area contributed by atoms with Crippen molar-refractivity contribution in [3.05, 3.63) is 57.9 Å². The molecular formula is C21H25N3S. The predicted octanol–water partition coefficient (Wildman–Crippen LogP) is 5.09. The molecule has 2 aromatic heterocycles. The Morgan fingerprint density at radius 2 is 2.24 bits per heavy atom. The van der Waals surface area contributed by atoms with Crippen LogP contribution in [0, 0.1) is 5.41 Å². The van der Waals surface area contributed by atoms with Gasteiger partial charge in [-0.25, -0.2) is 0 Å². The number of hydrogen-bond acceptors (Lipinski definition) is 3. The van der Waals surface area contributed by atoms with Gasteiger partial charge in [0.1, 0.15) is 0 Å². The van der Waals surface area contributed by atoms with E-state index in [1.807, 2.05) is 17.5 Å². The Balaban J connectivity index is 1.60.